The van der Waals surface area contributed by atoms with Crippen LogP contribution in [0, 0.1) is 11.2 Å². The largest absolute Gasteiger partial charge is 0.477 e. The third kappa shape index (κ3) is 3.20. The zero-order chi connectivity index (χ0) is 22.8. The van der Waals surface area contributed by atoms with Crippen LogP contribution in [0.2, 0.25) is 0 Å². The number of carbonyl (C=O) groups is 1. The lowest BCUT2D eigenvalue weighted by molar-refractivity contribution is 0.0693. The summed E-state index contributed by atoms with van der Waals surface area (Å²) in [5, 5.41) is 9.49. The number of pyridine rings is 1. The van der Waals surface area contributed by atoms with Crippen molar-refractivity contribution in [2.75, 3.05) is 0 Å². The highest BCUT2D eigenvalue weighted by molar-refractivity contribution is 5.98. The number of hydrogen-bond donors (Lipinski definition) is 1. The second kappa shape index (κ2) is 7.02. The minimum absolute atomic E-state index is 0.0174. The summed E-state index contributed by atoms with van der Waals surface area (Å²) in [6.45, 7) is 6.40. The molecule has 4 nitrogen and oxygen atoms in total. The molecule has 5 heteroatoms. The van der Waals surface area contributed by atoms with Gasteiger partial charge in [-0.15, -0.1) is 0 Å². The predicted molar refractivity (Wildman–Crippen MR) is 123 cm³/mol. The summed E-state index contributed by atoms with van der Waals surface area (Å²) >= 11 is 0. The molecule has 1 N–H and O–H groups in total. The molecule has 3 aromatic rings. The Kier molecular flexibility index (Phi) is 4.48. The summed E-state index contributed by atoms with van der Waals surface area (Å²) in [4.78, 5) is 24.2. The molecule has 0 fully saturated rings. The zero-order valence-corrected chi connectivity index (χ0v) is 18.3. The summed E-state index contributed by atoms with van der Waals surface area (Å²) < 4.78 is 15.7. The van der Waals surface area contributed by atoms with Crippen molar-refractivity contribution in [1.29, 1.82) is 0 Å². The average Bonchev–Trinajstić information content (AvgIpc) is 3.10. The van der Waals surface area contributed by atoms with Crippen molar-refractivity contribution in [2.45, 2.75) is 39.7 Å². The minimum Gasteiger partial charge on any atom is -0.477 e. The Balaban J connectivity index is 1.65. The van der Waals surface area contributed by atoms with Gasteiger partial charge in [0.15, 0.2) is 5.43 Å². The quantitative estimate of drug-likeness (QED) is 0.559. The van der Waals surface area contributed by atoms with Gasteiger partial charge in [0.1, 0.15) is 11.4 Å². The average molecular weight is 429 g/mol. The molecule has 1 atom stereocenters. The monoisotopic (exact) mass is 429 g/mol. The van der Waals surface area contributed by atoms with Crippen molar-refractivity contribution in [3.8, 4) is 11.1 Å². The molecular weight excluding hydrogens is 405 g/mol. The second-order valence-corrected chi connectivity index (χ2v) is 9.75. The third-order valence-electron chi connectivity index (χ3n) is 6.67. The number of allylic oxidation sites excluding steroid dienone is 2. The zero-order valence-electron chi connectivity index (χ0n) is 18.3. The number of carboxylic acid groups (broad SMARTS) is 1. The molecular formula is C27H24FNO3. The van der Waals surface area contributed by atoms with E-state index in [1.54, 1.807) is 6.07 Å². The molecule has 0 bridgehead atoms. The number of fused-ring (bicyclic) bond motifs is 4. The molecule has 0 saturated carbocycles. The molecule has 0 amide bonds. The molecule has 32 heavy (non-hydrogen) atoms. The van der Waals surface area contributed by atoms with Crippen LogP contribution in [-0.4, -0.2) is 15.6 Å². The Morgan fingerprint density at radius 1 is 1.06 bits per heavy atom. The van der Waals surface area contributed by atoms with Crippen molar-refractivity contribution in [1.82, 2.24) is 4.57 Å². The van der Waals surface area contributed by atoms with E-state index in [4.69, 9.17) is 0 Å². The van der Waals surface area contributed by atoms with Crippen molar-refractivity contribution in [3.05, 3.63) is 93.2 Å². The van der Waals surface area contributed by atoms with E-state index in [9.17, 15) is 19.1 Å². The molecule has 2 aliphatic rings. The van der Waals surface area contributed by atoms with E-state index in [1.807, 2.05) is 16.7 Å². The van der Waals surface area contributed by atoms with Gasteiger partial charge in [0.25, 0.3) is 0 Å². The van der Waals surface area contributed by atoms with Crippen LogP contribution < -0.4 is 5.43 Å². The van der Waals surface area contributed by atoms with E-state index in [1.165, 1.54) is 30.0 Å². The molecule has 0 radical (unpaired) electrons. The molecule has 0 saturated heterocycles. The molecule has 162 valence electrons. The predicted octanol–water partition coefficient (Wildman–Crippen LogP) is 5.81. The summed E-state index contributed by atoms with van der Waals surface area (Å²) in [5.74, 6) is -1.47. The van der Waals surface area contributed by atoms with Gasteiger partial charge in [-0.1, -0.05) is 51.1 Å². The van der Waals surface area contributed by atoms with Gasteiger partial charge < -0.3 is 9.67 Å². The van der Waals surface area contributed by atoms with Gasteiger partial charge in [0, 0.05) is 30.4 Å². The van der Waals surface area contributed by atoms with Crippen molar-refractivity contribution in [2.24, 2.45) is 5.41 Å². The molecule has 5 rings (SSSR count). The number of hydrogen-bond acceptors (Lipinski definition) is 2. The fourth-order valence-corrected chi connectivity index (χ4v) is 5.05. The fourth-order valence-electron chi connectivity index (χ4n) is 5.05. The normalized spacial score (nSPS) is 17.1. The lowest BCUT2D eigenvalue weighted by atomic mass is 9.78. The van der Waals surface area contributed by atoms with E-state index in [0.29, 0.717) is 6.42 Å². The first-order valence-corrected chi connectivity index (χ1v) is 10.7. The summed E-state index contributed by atoms with van der Waals surface area (Å²) in [5.41, 5.74) is 6.37. The fraction of sp³-hybridized carbons (Fsp3) is 0.259. The number of aromatic carboxylic acids is 1. The Bertz CT molecular complexity index is 1370. The first-order chi connectivity index (χ1) is 15.1. The SMILES string of the molecule is CC(C)(C)[C@@H]1CC2=C(Cc3cc(-c4cccc(F)c4)ccc32)c2cc(=O)c(C(=O)O)cn21. The Morgan fingerprint density at radius 2 is 1.81 bits per heavy atom. The van der Waals surface area contributed by atoms with Crippen LogP contribution in [0.25, 0.3) is 22.3 Å². The number of benzene rings is 2. The lowest BCUT2D eigenvalue weighted by Crippen LogP contribution is -2.32. The van der Waals surface area contributed by atoms with E-state index < -0.39 is 11.4 Å². The maximum atomic E-state index is 13.7. The molecule has 1 aliphatic carbocycles. The first kappa shape index (κ1) is 20.4. The standard InChI is InChI=1S/C27H24FNO3/c1-27(2,3)25-12-20-19-8-7-16(15-5-4-6-18(28)10-15)9-17(19)11-21(20)23-13-24(30)22(26(31)32)14-29(23)25/h4-10,13-14,25H,11-12H2,1-3H3,(H,31,32)/t25-/m0/s1. The summed E-state index contributed by atoms with van der Waals surface area (Å²) in [6.07, 6.45) is 2.94. The molecule has 1 aromatic heterocycles. The van der Waals surface area contributed by atoms with Crippen LogP contribution in [0.15, 0.2) is 59.5 Å². The van der Waals surface area contributed by atoms with E-state index in [0.717, 1.165) is 39.9 Å². The Labute approximate surface area is 185 Å². The van der Waals surface area contributed by atoms with Gasteiger partial charge in [-0.2, -0.15) is 0 Å². The third-order valence-corrected chi connectivity index (χ3v) is 6.67. The van der Waals surface area contributed by atoms with Crippen LogP contribution >= 0.6 is 0 Å². The van der Waals surface area contributed by atoms with Crippen LogP contribution in [0.4, 0.5) is 4.39 Å². The van der Waals surface area contributed by atoms with Gasteiger partial charge >= 0.3 is 5.97 Å². The maximum absolute atomic E-state index is 13.7. The van der Waals surface area contributed by atoms with Gasteiger partial charge in [-0.25, -0.2) is 9.18 Å². The second-order valence-electron chi connectivity index (χ2n) is 9.75. The van der Waals surface area contributed by atoms with Gasteiger partial charge in [-0.05, 0) is 57.4 Å². The number of aromatic nitrogens is 1. The van der Waals surface area contributed by atoms with Gasteiger partial charge in [0.2, 0.25) is 0 Å². The van der Waals surface area contributed by atoms with Crippen molar-refractivity contribution >= 4 is 17.1 Å². The van der Waals surface area contributed by atoms with Crippen LogP contribution in [0.5, 0.6) is 0 Å². The molecule has 2 aromatic carbocycles. The van der Waals surface area contributed by atoms with Gasteiger partial charge in [-0.3, -0.25) is 4.79 Å². The maximum Gasteiger partial charge on any atom is 0.341 e. The Morgan fingerprint density at radius 3 is 2.50 bits per heavy atom. The van der Waals surface area contributed by atoms with Crippen LogP contribution in [-0.2, 0) is 6.42 Å². The highest BCUT2D eigenvalue weighted by Gasteiger charge is 2.37. The smallest absolute Gasteiger partial charge is 0.341 e. The van der Waals surface area contributed by atoms with E-state index in [2.05, 4.69) is 32.9 Å². The van der Waals surface area contributed by atoms with E-state index >= 15 is 0 Å². The molecule has 0 spiro atoms. The molecule has 0 unspecified atom stereocenters. The summed E-state index contributed by atoms with van der Waals surface area (Å²) in [7, 11) is 0. The highest BCUT2D eigenvalue weighted by atomic mass is 19.1. The minimum atomic E-state index is -1.20. The lowest BCUT2D eigenvalue weighted by Gasteiger charge is -2.39. The number of carboxylic acids is 1. The van der Waals surface area contributed by atoms with Crippen molar-refractivity contribution in [3.63, 3.8) is 0 Å². The molecule has 1 aliphatic heterocycles. The van der Waals surface area contributed by atoms with Gasteiger partial charge in [0.05, 0.1) is 0 Å². The number of halogens is 1. The first-order valence-electron chi connectivity index (χ1n) is 10.7. The molecule has 2 heterocycles. The number of rotatable bonds is 2. The van der Waals surface area contributed by atoms with Crippen molar-refractivity contribution < 1.29 is 14.3 Å². The number of nitrogens with zero attached hydrogens (tertiary/aromatic N) is 1. The van der Waals surface area contributed by atoms with Crippen LogP contribution in [0.1, 0.15) is 60.4 Å². The summed E-state index contributed by atoms with van der Waals surface area (Å²) in [6, 6.07) is 14.3. The Hall–Kier alpha value is -3.47. The topological polar surface area (TPSA) is 59.3 Å². The van der Waals surface area contributed by atoms with Crippen LogP contribution in [0.3, 0.4) is 0 Å². The highest BCUT2D eigenvalue weighted by Crippen LogP contribution is 2.50. The van der Waals surface area contributed by atoms with E-state index in [-0.39, 0.29) is 22.8 Å².